The van der Waals surface area contributed by atoms with Crippen molar-refractivity contribution < 1.29 is 4.74 Å². The van der Waals surface area contributed by atoms with Gasteiger partial charge in [-0.25, -0.2) is 4.98 Å². The van der Waals surface area contributed by atoms with Crippen molar-refractivity contribution >= 4 is 33.0 Å². The lowest BCUT2D eigenvalue weighted by molar-refractivity contribution is 0.174. The second kappa shape index (κ2) is 8.42. The molecule has 0 atom stereocenters. The molecule has 0 radical (unpaired) electrons. The minimum atomic E-state index is 0.543. The number of aryl methyl sites for hydroxylation is 1. The lowest BCUT2D eigenvalue weighted by Gasteiger charge is -2.07. The molecule has 0 spiro atoms. The summed E-state index contributed by atoms with van der Waals surface area (Å²) < 4.78 is 5.42. The highest BCUT2D eigenvalue weighted by Gasteiger charge is 2.09. The number of thiazole rings is 1. The van der Waals surface area contributed by atoms with Crippen LogP contribution in [0.1, 0.15) is 16.1 Å². The van der Waals surface area contributed by atoms with Gasteiger partial charge in [0.1, 0.15) is 10.5 Å². The molecule has 0 bridgehead atoms. The first-order valence-electron chi connectivity index (χ1n) is 7.74. The number of alkyl halides is 1. The summed E-state index contributed by atoms with van der Waals surface area (Å²) >= 11 is 4.97. The summed E-state index contributed by atoms with van der Waals surface area (Å²) in [6.07, 6.45) is 0. The summed E-state index contributed by atoms with van der Waals surface area (Å²) in [5.41, 5.74) is 5.11. The summed E-state index contributed by atoms with van der Waals surface area (Å²) in [6, 6.07) is 18.8. The maximum Gasteiger partial charge on any atom is 0.123 e. The molecule has 2 aromatic carbocycles. The van der Waals surface area contributed by atoms with Crippen LogP contribution in [-0.2, 0) is 17.9 Å². The number of nitrogens with zero attached hydrogens (tertiary/aromatic N) is 1. The van der Waals surface area contributed by atoms with Crippen molar-refractivity contribution in [2.75, 3.05) is 10.8 Å². The van der Waals surface area contributed by atoms with Crippen LogP contribution in [-0.4, -0.2) is 10.5 Å². The molecule has 1 heterocycles. The Balaban J connectivity index is 1.66. The van der Waals surface area contributed by atoms with Crippen molar-refractivity contribution in [3.63, 3.8) is 0 Å². The molecule has 24 heavy (non-hydrogen) atoms. The number of halogens is 1. The SMILES string of the molecule is Cc1nc(-c2ccc(NCc3ccccc3)cc2)sc1COCBr. The average molecular weight is 403 g/mol. The van der Waals surface area contributed by atoms with Crippen molar-refractivity contribution in [3.05, 3.63) is 70.7 Å². The molecule has 0 aliphatic heterocycles. The lowest BCUT2D eigenvalue weighted by Crippen LogP contribution is -1.98. The van der Waals surface area contributed by atoms with Crippen LogP contribution in [0.3, 0.4) is 0 Å². The topological polar surface area (TPSA) is 34.2 Å². The molecule has 3 nitrogen and oxygen atoms in total. The Morgan fingerprint density at radius 2 is 1.83 bits per heavy atom. The predicted molar refractivity (Wildman–Crippen MR) is 105 cm³/mol. The normalized spacial score (nSPS) is 10.8. The number of ether oxygens (including phenoxy) is 1. The van der Waals surface area contributed by atoms with Gasteiger partial charge in [-0.05, 0) is 36.8 Å². The molecular formula is C19H19BrN2OS. The number of benzene rings is 2. The Kier molecular flexibility index (Phi) is 6.01. The summed E-state index contributed by atoms with van der Waals surface area (Å²) in [5, 5.41) is 4.48. The van der Waals surface area contributed by atoms with E-state index in [0.29, 0.717) is 12.1 Å². The summed E-state index contributed by atoms with van der Waals surface area (Å²) in [5.74, 6) is 0. The van der Waals surface area contributed by atoms with Crippen LogP contribution in [0.4, 0.5) is 5.69 Å². The maximum absolute atomic E-state index is 5.42. The van der Waals surface area contributed by atoms with E-state index in [0.717, 1.165) is 28.5 Å². The van der Waals surface area contributed by atoms with E-state index < -0.39 is 0 Å². The molecule has 0 aliphatic carbocycles. The van der Waals surface area contributed by atoms with Gasteiger partial charge in [-0.15, -0.1) is 11.3 Å². The summed E-state index contributed by atoms with van der Waals surface area (Å²) in [4.78, 5) is 5.84. The Bertz CT molecular complexity index is 772. The fourth-order valence-electron chi connectivity index (χ4n) is 2.35. The molecule has 5 heteroatoms. The summed E-state index contributed by atoms with van der Waals surface area (Å²) in [7, 11) is 0. The van der Waals surface area contributed by atoms with E-state index in [1.807, 2.05) is 13.0 Å². The van der Waals surface area contributed by atoms with Gasteiger partial charge in [0.15, 0.2) is 0 Å². The quantitative estimate of drug-likeness (QED) is 0.522. The first-order valence-corrected chi connectivity index (χ1v) is 9.68. The van der Waals surface area contributed by atoms with Gasteiger partial charge in [0.05, 0.1) is 17.2 Å². The van der Waals surface area contributed by atoms with Crippen molar-refractivity contribution in [2.45, 2.75) is 20.1 Å². The number of aromatic nitrogens is 1. The zero-order chi connectivity index (χ0) is 16.8. The zero-order valence-electron chi connectivity index (χ0n) is 13.5. The standard InChI is InChI=1S/C19H19BrN2OS/c1-14-18(12-23-13-20)24-19(22-14)16-7-9-17(10-8-16)21-11-15-5-3-2-4-6-15/h2-10,21H,11-13H2,1H3. The van der Waals surface area contributed by atoms with Crippen molar-refractivity contribution in [1.82, 2.24) is 4.98 Å². The molecule has 1 aromatic heterocycles. The van der Waals surface area contributed by atoms with E-state index in [9.17, 15) is 0 Å². The highest BCUT2D eigenvalue weighted by atomic mass is 79.9. The largest absolute Gasteiger partial charge is 0.381 e. The Morgan fingerprint density at radius 1 is 1.08 bits per heavy atom. The van der Waals surface area contributed by atoms with Gasteiger partial charge < -0.3 is 10.1 Å². The van der Waals surface area contributed by atoms with Crippen molar-refractivity contribution in [1.29, 1.82) is 0 Å². The van der Waals surface area contributed by atoms with Gasteiger partial charge in [0.2, 0.25) is 0 Å². The molecule has 0 amide bonds. The van der Waals surface area contributed by atoms with Gasteiger partial charge in [0.25, 0.3) is 0 Å². The van der Waals surface area contributed by atoms with Crippen LogP contribution in [0.5, 0.6) is 0 Å². The third-order valence-corrected chi connectivity index (χ3v) is 5.18. The lowest BCUT2D eigenvalue weighted by atomic mass is 10.2. The van der Waals surface area contributed by atoms with E-state index >= 15 is 0 Å². The average Bonchev–Trinajstić information content (AvgIpc) is 3.00. The first-order chi connectivity index (χ1) is 11.8. The second-order valence-corrected chi connectivity index (χ2v) is 6.94. The third-order valence-electron chi connectivity index (χ3n) is 3.67. The molecule has 3 aromatic rings. The van der Waals surface area contributed by atoms with E-state index in [1.54, 1.807) is 11.3 Å². The molecule has 124 valence electrons. The number of hydrogen-bond acceptors (Lipinski definition) is 4. The highest BCUT2D eigenvalue weighted by Crippen LogP contribution is 2.29. The first kappa shape index (κ1) is 17.1. The third kappa shape index (κ3) is 4.44. The molecule has 0 saturated carbocycles. The minimum absolute atomic E-state index is 0.543. The van der Waals surface area contributed by atoms with Gasteiger partial charge in [0, 0.05) is 17.8 Å². The second-order valence-electron chi connectivity index (χ2n) is 5.40. The van der Waals surface area contributed by atoms with Crippen LogP contribution in [0.2, 0.25) is 0 Å². The molecule has 0 fully saturated rings. The van der Waals surface area contributed by atoms with Gasteiger partial charge in [-0.3, -0.25) is 0 Å². The monoisotopic (exact) mass is 402 g/mol. The van der Waals surface area contributed by atoms with Gasteiger partial charge in [-0.1, -0.05) is 46.3 Å². The minimum Gasteiger partial charge on any atom is -0.381 e. The zero-order valence-corrected chi connectivity index (χ0v) is 15.9. The fourth-order valence-corrected chi connectivity index (χ4v) is 3.51. The molecule has 0 aliphatic rings. The summed E-state index contributed by atoms with van der Waals surface area (Å²) in [6.45, 7) is 3.46. The van der Waals surface area contributed by atoms with E-state index in [2.05, 4.69) is 74.8 Å². The smallest absolute Gasteiger partial charge is 0.123 e. The number of nitrogens with one attached hydrogen (secondary N) is 1. The van der Waals surface area contributed by atoms with Crippen LogP contribution in [0, 0.1) is 6.92 Å². The highest BCUT2D eigenvalue weighted by molar-refractivity contribution is 9.09. The van der Waals surface area contributed by atoms with Crippen LogP contribution >= 0.6 is 27.3 Å². The van der Waals surface area contributed by atoms with E-state index in [-0.39, 0.29) is 0 Å². The number of anilines is 1. The van der Waals surface area contributed by atoms with Gasteiger partial charge in [-0.2, -0.15) is 0 Å². The molecular weight excluding hydrogens is 384 g/mol. The van der Waals surface area contributed by atoms with Gasteiger partial charge >= 0.3 is 0 Å². The number of rotatable bonds is 7. The van der Waals surface area contributed by atoms with E-state index in [1.165, 1.54) is 10.4 Å². The van der Waals surface area contributed by atoms with Crippen LogP contribution in [0.25, 0.3) is 10.6 Å². The van der Waals surface area contributed by atoms with Crippen LogP contribution < -0.4 is 5.32 Å². The van der Waals surface area contributed by atoms with E-state index in [4.69, 9.17) is 4.74 Å². The predicted octanol–water partition coefficient (Wildman–Crippen LogP) is 5.60. The van der Waals surface area contributed by atoms with Crippen LogP contribution in [0.15, 0.2) is 54.6 Å². The van der Waals surface area contributed by atoms with Crippen molar-refractivity contribution in [2.24, 2.45) is 0 Å². The fraction of sp³-hybridized carbons (Fsp3) is 0.211. The van der Waals surface area contributed by atoms with Crippen molar-refractivity contribution in [3.8, 4) is 10.6 Å². The Morgan fingerprint density at radius 3 is 2.54 bits per heavy atom. The molecule has 1 N–H and O–H groups in total. The number of hydrogen-bond donors (Lipinski definition) is 1. The molecule has 3 rings (SSSR count). The Hall–Kier alpha value is -1.69. The maximum atomic E-state index is 5.42. The Labute approximate surface area is 154 Å². The molecule has 0 saturated heterocycles. The molecule has 0 unspecified atom stereocenters.